The van der Waals surface area contributed by atoms with Crippen molar-refractivity contribution < 1.29 is 19.8 Å². The van der Waals surface area contributed by atoms with Gasteiger partial charge in [0.05, 0.1) is 11.0 Å². The lowest BCUT2D eigenvalue weighted by molar-refractivity contribution is -0.124. The van der Waals surface area contributed by atoms with Crippen LogP contribution < -0.4 is 0 Å². The largest absolute Gasteiger partial charge is 0.477 e. The van der Waals surface area contributed by atoms with E-state index in [4.69, 9.17) is 0 Å². The Balaban J connectivity index is 1.84. The minimum Gasteiger partial charge on any atom is -0.477 e. The van der Waals surface area contributed by atoms with Gasteiger partial charge in [0.2, 0.25) is 0 Å². The van der Waals surface area contributed by atoms with Crippen molar-refractivity contribution in [2.24, 2.45) is 17.8 Å². The van der Waals surface area contributed by atoms with Crippen LogP contribution in [0.2, 0.25) is 0 Å². The van der Waals surface area contributed by atoms with Crippen LogP contribution in [0, 0.1) is 29.6 Å². The number of carbonyl (C=O) groups is 2. The van der Waals surface area contributed by atoms with Crippen molar-refractivity contribution in [3.05, 3.63) is 33.0 Å². The molecule has 0 bridgehead atoms. The van der Waals surface area contributed by atoms with Gasteiger partial charge in [-0.2, -0.15) is 0 Å². The van der Waals surface area contributed by atoms with E-state index in [2.05, 4.69) is 38.7 Å². The topological polar surface area (TPSA) is 74.6 Å². The van der Waals surface area contributed by atoms with Crippen molar-refractivity contribution >= 4 is 23.1 Å². The molecular formula is C30H42O4S. The van der Waals surface area contributed by atoms with E-state index in [1.807, 2.05) is 6.07 Å². The molecule has 0 amide bonds. The Hall–Kier alpha value is -1.90. The van der Waals surface area contributed by atoms with Gasteiger partial charge >= 0.3 is 5.97 Å². The molecule has 2 aliphatic carbocycles. The smallest absolute Gasteiger partial charge is 0.346 e. The Morgan fingerprint density at radius 1 is 1.14 bits per heavy atom. The average Bonchev–Trinajstić information content (AvgIpc) is 3.27. The molecule has 4 nitrogen and oxygen atoms in total. The third-order valence-corrected chi connectivity index (χ3v) is 8.78. The lowest BCUT2D eigenvalue weighted by atomic mass is 9.79. The molecule has 0 saturated heterocycles. The third-order valence-electron chi connectivity index (χ3n) is 7.73. The Morgan fingerprint density at radius 3 is 2.46 bits per heavy atom. The minimum atomic E-state index is -0.922. The summed E-state index contributed by atoms with van der Waals surface area (Å²) >= 11 is 1.25. The number of Topliss-reactive ketones (excluding diaryl/α,β-unsaturated/α-hetero) is 1. The number of carboxylic acids is 1. The maximum atomic E-state index is 13.0. The zero-order valence-corrected chi connectivity index (χ0v) is 22.5. The number of carbonyl (C=O) groups excluding carboxylic acids is 1. The normalized spacial score (nSPS) is 24.2. The number of thiophene rings is 1. The number of aliphatic hydroxyl groups excluding tert-OH is 1. The zero-order chi connectivity index (χ0) is 25.4. The summed E-state index contributed by atoms with van der Waals surface area (Å²) in [5.74, 6) is 6.93. The van der Waals surface area contributed by atoms with Crippen LogP contribution in [-0.4, -0.2) is 28.1 Å². The molecule has 1 aromatic heterocycles. The third kappa shape index (κ3) is 8.33. The van der Waals surface area contributed by atoms with Crippen LogP contribution in [0.4, 0.5) is 0 Å². The van der Waals surface area contributed by atoms with Crippen LogP contribution in [-0.2, 0) is 4.79 Å². The van der Waals surface area contributed by atoms with Gasteiger partial charge < -0.3 is 10.2 Å². The second-order valence-corrected chi connectivity index (χ2v) is 11.8. The van der Waals surface area contributed by atoms with Gasteiger partial charge in [0.15, 0.2) is 0 Å². The number of hydrogen-bond acceptors (Lipinski definition) is 4. The van der Waals surface area contributed by atoms with E-state index < -0.39 is 5.97 Å². The van der Waals surface area contributed by atoms with Crippen LogP contribution in [0.25, 0.3) is 0 Å². The lowest BCUT2D eigenvalue weighted by Gasteiger charge is -2.26. The van der Waals surface area contributed by atoms with E-state index in [0.717, 1.165) is 74.6 Å². The molecular weight excluding hydrogens is 456 g/mol. The summed E-state index contributed by atoms with van der Waals surface area (Å²) in [6.07, 6.45) is 12.6. The molecule has 0 aromatic carbocycles. The number of ketones is 1. The lowest BCUT2D eigenvalue weighted by Crippen LogP contribution is -2.21. The van der Waals surface area contributed by atoms with Gasteiger partial charge in [-0.15, -0.1) is 11.3 Å². The summed E-state index contributed by atoms with van der Waals surface area (Å²) in [6.45, 7) is 6.50. The van der Waals surface area contributed by atoms with Crippen LogP contribution in [0.3, 0.4) is 0 Å². The van der Waals surface area contributed by atoms with Gasteiger partial charge in [0.1, 0.15) is 10.7 Å². The number of aliphatic hydroxyl groups is 1. The Labute approximate surface area is 215 Å². The van der Waals surface area contributed by atoms with Crippen molar-refractivity contribution in [2.45, 2.75) is 110 Å². The van der Waals surface area contributed by atoms with Crippen molar-refractivity contribution in [3.63, 3.8) is 0 Å². The van der Waals surface area contributed by atoms with E-state index in [1.165, 1.54) is 16.9 Å². The molecule has 2 atom stereocenters. The number of aromatic carboxylic acids is 1. The predicted molar refractivity (Wildman–Crippen MR) is 143 cm³/mol. The molecule has 2 saturated carbocycles. The van der Waals surface area contributed by atoms with Gasteiger partial charge in [0.25, 0.3) is 0 Å². The second kappa shape index (κ2) is 13.4. The SMILES string of the molecule is CCCC(C)C#Cc1cc(C(C=C2CCC(O)CC2)CCC(=O)C2CCC(C)CC2)c(C(=O)O)s1. The zero-order valence-electron chi connectivity index (χ0n) is 21.6. The summed E-state index contributed by atoms with van der Waals surface area (Å²) in [4.78, 5) is 26.4. The van der Waals surface area contributed by atoms with Crippen LogP contribution >= 0.6 is 11.3 Å². The van der Waals surface area contributed by atoms with Gasteiger partial charge in [0, 0.05) is 24.2 Å². The number of rotatable bonds is 9. The number of hydrogen-bond donors (Lipinski definition) is 2. The molecule has 192 valence electrons. The Bertz CT molecular complexity index is 945. The fourth-order valence-corrected chi connectivity index (χ4v) is 6.38. The number of allylic oxidation sites excluding steroid dienone is 2. The maximum Gasteiger partial charge on any atom is 0.346 e. The van der Waals surface area contributed by atoms with Crippen molar-refractivity contribution in [3.8, 4) is 11.8 Å². The summed E-state index contributed by atoms with van der Waals surface area (Å²) < 4.78 is 0. The summed E-state index contributed by atoms with van der Waals surface area (Å²) in [5.41, 5.74) is 2.06. The van der Waals surface area contributed by atoms with Crippen molar-refractivity contribution in [1.82, 2.24) is 0 Å². The predicted octanol–water partition coefficient (Wildman–Crippen LogP) is 7.35. The van der Waals surface area contributed by atoms with E-state index in [9.17, 15) is 19.8 Å². The first-order valence-electron chi connectivity index (χ1n) is 13.6. The van der Waals surface area contributed by atoms with E-state index in [1.54, 1.807) is 0 Å². The summed E-state index contributed by atoms with van der Waals surface area (Å²) in [6, 6.07) is 1.95. The van der Waals surface area contributed by atoms with E-state index in [-0.39, 0.29) is 23.9 Å². The standard InChI is InChI=1S/C30H42O4S/c1-4-5-20(2)8-16-26-19-27(29(35-26)30(33)34)24(18-22-9-14-25(31)15-10-22)13-17-28(32)23-11-6-21(3)7-12-23/h18-21,23-25,31H,4-7,9-15,17H2,1-3H3,(H,33,34). The van der Waals surface area contributed by atoms with Crippen molar-refractivity contribution in [1.29, 1.82) is 0 Å². The number of carboxylic acid groups (broad SMARTS) is 1. The van der Waals surface area contributed by atoms with E-state index in [0.29, 0.717) is 29.4 Å². The van der Waals surface area contributed by atoms with Gasteiger partial charge in [-0.3, -0.25) is 4.79 Å². The first kappa shape index (κ1) is 27.7. The van der Waals surface area contributed by atoms with E-state index >= 15 is 0 Å². The molecule has 3 rings (SSSR count). The highest BCUT2D eigenvalue weighted by atomic mass is 32.1. The molecule has 0 spiro atoms. The fraction of sp³-hybridized carbons (Fsp3) is 0.667. The molecule has 0 radical (unpaired) electrons. The molecule has 5 heteroatoms. The van der Waals surface area contributed by atoms with Gasteiger partial charge in [-0.1, -0.05) is 63.5 Å². The highest BCUT2D eigenvalue weighted by Gasteiger charge is 2.27. The molecule has 0 aliphatic heterocycles. The average molecular weight is 499 g/mol. The maximum absolute atomic E-state index is 13.0. The molecule has 2 N–H and O–H groups in total. The van der Waals surface area contributed by atoms with Crippen LogP contribution in [0.5, 0.6) is 0 Å². The Morgan fingerprint density at radius 2 is 1.83 bits per heavy atom. The molecule has 1 aromatic rings. The van der Waals surface area contributed by atoms with Crippen LogP contribution in [0.1, 0.15) is 124 Å². The quantitative estimate of drug-likeness (QED) is 0.276. The van der Waals surface area contributed by atoms with Crippen LogP contribution in [0.15, 0.2) is 17.7 Å². The fourth-order valence-electron chi connectivity index (χ4n) is 5.45. The molecule has 2 aliphatic rings. The van der Waals surface area contributed by atoms with Gasteiger partial charge in [-0.05, 0) is 68.9 Å². The highest BCUT2D eigenvalue weighted by molar-refractivity contribution is 7.14. The molecule has 1 heterocycles. The molecule has 2 fully saturated rings. The Kier molecular flexibility index (Phi) is 10.6. The summed E-state index contributed by atoms with van der Waals surface area (Å²) in [5, 5.41) is 19.9. The van der Waals surface area contributed by atoms with Crippen molar-refractivity contribution in [2.75, 3.05) is 0 Å². The van der Waals surface area contributed by atoms with Gasteiger partial charge in [-0.25, -0.2) is 4.79 Å². The monoisotopic (exact) mass is 498 g/mol. The highest BCUT2D eigenvalue weighted by Crippen LogP contribution is 2.37. The second-order valence-electron chi connectivity index (χ2n) is 10.8. The first-order chi connectivity index (χ1) is 16.8. The molecule has 2 unspecified atom stereocenters. The summed E-state index contributed by atoms with van der Waals surface area (Å²) in [7, 11) is 0. The first-order valence-corrected chi connectivity index (χ1v) is 14.4. The molecule has 35 heavy (non-hydrogen) atoms. The minimum absolute atomic E-state index is 0.113.